The number of carbonyl (C=O) groups excluding carboxylic acids is 3. The van der Waals surface area contributed by atoms with Gasteiger partial charge in [0.25, 0.3) is 5.92 Å². The fourth-order valence-corrected chi connectivity index (χ4v) is 17.2. The van der Waals surface area contributed by atoms with Gasteiger partial charge in [-0.25, -0.2) is 8.78 Å². The van der Waals surface area contributed by atoms with Gasteiger partial charge in [-0.1, -0.05) is 0 Å². The van der Waals surface area contributed by atoms with Crippen LogP contribution in [0.2, 0.25) is 0 Å². The summed E-state index contributed by atoms with van der Waals surface area (Å²) in [5.74, 6) is -30.9. The molecule has 3 heterocycles. The molecule has 0 aromatic heterocycles. The summed E-state index contributed by atoms with van der Waals surface area (Å²) in [4.78, 5) is 42.7. The number of rotatable bonds is 9. The molecule has 6 atom stereocenters. The third kappa shape index (κ3) is 7.34. The van der Waals surface area contributed by atoms with E-state index in [9.17, 15) is 58.3 Å². The van der Waals surface area contributed by atoms with E-state index in [0.29, 0.717) is 64.7 Å². The predicted molar refractivity (Wildman–Crippen MR) is 218 cm³/mol. The molecule has 0 aromatic carbocycles. The summed E-state index contributed by atoms with van der Waals surface area (Å²) in [7, 11) is 0. The van der Waals surface area contributed by atoms with Crippen LogP contribution in [0.4, 0.5) is 43.9 Å². The lowest BCUT2D eigenvalue weighted by Gasteiger charge is -2.65. The first-order chi connectivity index (χ1) is 33.1. The molecule has 0 N–H and O–H groups in total. The Morgan fingerprint density at radius 2 is 0.676 bits per heavy atom. The lowest BCUT2D eigenvalue weighted by molar-refractivity contribution is -0.391. The van der Waals surface area contributed by atoms with Crippen molar-refractivity contribution in [2.24, 2.45) is 74.9 Å². The zero-order valence-electron chi connectivity index (χ0n) is 39.3. The maximum atomic E-state index is 14.6. The number of hydrogen-bond acceptors (Lipinski definition) is 12. The lowest BCUT2D eigenvalue weighted by Crippen LogP contribution is -2.69. The van der Waals surface area contributed by atoms with E-state index in [0.717, 1.165) is 0 Å². The molecule has 15 fully saturated rings. The summed E-state index contributed by atoms with van der Waals surface area (Å²) in [6.07, 6.45) is 5.11. The Hall–Kier alpha value is -2.53. The molecule has 0 aromatic rings. The van der Waals surface area contributed by atoms with Gasteiger partial charge in [0.05, 0.1) is 34.9 Å². The van der Waals surface area contributed by atoms with Crippen molar-refractivity contribution < 1.29 is 101 Å². The largest absolute Gasteiger partial charge is 0.464 e. The van der Waals surface area contributed by atoms with Crippen LogP contribution in [0, 0.1) is 74.9 Å². The van der Waals surface area contributed by atoms with Gasteiger partial charge in [-0.2, -0.15) is 35.1 Å². The van der Waals surface area contributed by atoms with Gasteiger partial charge in [0.2, 0.25) is 0 Å². The van der Waals surface area contributed by atoms with Crippen LogP contribution in [-0.4, -0.2) is 124 Å². The third-order valence-electron chi connectivity index (χ3n) is 20.0. The second kappa shape index (κ2) is 15.5. The smallest absolute Gasteiger partial charge is 0.335 e. The van der Waals surface area contributed by atoms with Gasteiger partial charge in [0.15, 0.2) is 24.0 Å². The minimum atomic E-state index is -4.46. The van der Waals surface area contributed by atoms with E-state index in [4.69, 9.17) is 42.6 Å². The molecule has 15 aliphatic rings. The highest BCUT2D eigenvalue weighted by atomic mass is 19.3. The van der Waals surface area contributed by atoms with Gasteiger partial charge in [0.1, 0.15) is 39.6 Å². The Balaban J connectivity index is 0.777. The highest BCUT2D eigenvalue weighted by Crippen LogP contribution is 2.70. The Morgan fingerprint density at radius 1 is 0.423 bits per heavy atom. The minimum Gasteiger partial charge on any atom is -0.464 e. The van der Waals surface area contributed by atoms with E-state index in [1.54, 1.807) is 0 Å². The first-order valence-electron chi connectivity index (χ1n) is 25.4. The second-order valence-corrected chi connectivity index (χ2v) is 24.9. The van der Waals surface area contributed by atoms with Crippen molar-refractivity contribution in [2.45, 2.75) is 150 Å². The van der Waals surface area contributed by atoms with E-state index in [1.807, 2.05) is 0 Å². The molecule has 22 heteroatoms. The van der Waals surface area contributed by atoms with Crippen LogP contribution in [0.3, 0.4) is 0 Å². The molecule has 12 nitrogen and oxygen atoms in total. The first kappa shape index (κ1) is 49.4. The van der Waals surface area contributed by atoms with Crippen LogP contribution in [-0.2, 0) is 57.0 Å². The second-order valence-electron chi connectivity index (χ2n) is 24.9. The molecule has 3 saturated heterocycles. The Bertz CT molecular complexity index is 2000. The van der Waals surface area contributed by atoms with Crippen molar-refractivity contribution in [2.75, 3.05) is 59.5 Å². The number of halogens is 10. The van der Waals surface area contributed by atoms with Crippen molar-refractivity contribution in [1.82, 2.24) is 0 Å². The maximum Gasteiger partial charge on any atom is 0.335 e. The molecular weight excluding hydrogens is 971 g/mol. The van der Waals surface area contributed by atoms with Gasteiger partial charge >= 0.3 is 41.6 Å². The van der Waals surface area contributed by atoms with Crippen molar-refractivity contribution >= 4 is 17.9 Å². The van der Waals surface area contributed by atoms with Gasteiger partial charge < -0.3 is 42.6 Å². The zero-order chi connectivity index (χ0) is 50.3. The topological polar surface area (TPSA) is 134 Å². The van der Waals surface area contributed by atoms with E-state index in [1.165, 1.54) is 0 Å². The quantitative estimate of drug-likeness (QED) is 0.125. The molecule has 12 aliphatic carbocycles. The standard InChI is InChI=1S/C49H60F10O12/c1-38(50,51)17-63-35(60)40-8-26-2-29(11-40)47(30(3-26)12-40)66-20-39(21-67-47,18-64-36(61)41-9-27-4-31(13-41)48(32(5-27)14-41)68-22-43(52,53)44(54,55)23-69-48)19-65-37(62)42-10-28-6-33(15-42)49(34(7-28)16-42)70-24-45(56,57)46(58,59)25-71-49/h26-34H,2-25H2,1H3. The van der Waals surface area contributed by atoms with E-state index < -0.39 is 143 Å². The number of hydrogen-bond donors (Lipinski definition) is 0. The highest BCUT2D eigenvalue weighted by molar-refractivity contribution is 5.79. The number of ether oxygens (including phenoxy) is 9. The van der Waals surface area contributed by atoms with E-state index in [2.05, 4.69) is 0 Å². The molecule has 0 radical (unpaired) electrons. The monoisotopic (exact) mass is 1030 g/mol. The van der Waals surface area contributed by atoms with Gasteiger partial charge in [-0.3, -0.25) is 14.4 Å². The average Bonchev–Trinajstić information content (AvgIpc) is 3.45. The van der Waals surface area contributed by atoms with Crippen LogP contribution in [0.5, 0.6) is 0 Å². The summed E-state index contributed by atoms with van der Waals surface area (Å²) >= 11 is 0. The first-order valence-corrected chi connectivity index (χ1v) is 25.4. The molecule has 398 valence electrons. The Labute approximate surface area is 402 Å². The fourth-order valence-electron chi connectivity index (χ4n) is 17.2. The van der Waals surface area contributed by atoms with Gasteiger partial charge in [-0.15, -0.1) is 0 Å². The third-order valence-corrected chi connectivity index (χ3v) is 20.0. The fraction of sp³-hybridized carbons (Fsp3) is 0.939. The van der Waals surface area contributed by atoms with Crippen molar-refractivity contribution in [3.63, 3.8) is 0 Å². The van der Waals surface area contributed by atoms with Crippen LogP contribution >= 0.6 is 0 Å². The molecule has 0 amide bonds. The van der Waals surface area contributed by atoms with Gasteiger partial charge in [0, 0.05) is 42.4 Å². The molecule has 12 bridgehead atoms. The zero-order valence-corrected chi connectivity index (χ0v) is 39.3. The van der Waals surface area contributed by atoms with E-state index >= 15 is 0 Å². The molecule has 3 spiro atoms. The van der Waals surface area contributed by atoms with Crippen LogP contribution < -0.4 is 0 Å². The van der Waals surface area contributed by atoms with Crippen molar-refractivity contribution in [3.8, 4) is 0 Å². The summed E-state index contributed by atoms with van der Waals surface area (Å²) in [6.45, 7) is -7.55. The summed E-state index contributed by atoms with van der Waals surface area (Å²) in [6, 6.07) is 0. The van der Waals surface area contributed by atoms with Crippen molar-refractivity contribution in [1.29, 1.82) is 0 Å². The number of alkyl halides is 10. The van der Waals surface area contributed by atoms with Crippen LogP contribution in [0.1, 0.15) is 103 Å². The lowest BCUT2D eigenvalue weighted by atomic mass is 9.47. The summed E-state index contributed by atoms with van der Waals surface area (Å²) in [5.41, 5.74) is -4.57. The van der Waals surface area contributed by atoms with Crippen LogP contribution in [0.15, 0.2) is 0 Å². The Morgan fingerprint density at radius 3 is 0.944 bits per heavy atom. The molecule has 6 unspecified atom stereocenters. The highest BCUT2D eigenvalue weighted by Gasteiger charge is 2.74. The predicted octanol–water partition coefficient (Wildman–Crippen LogP) is 8.51. The van der Waals surface area contributed by atoms with Crippen molar-refractivity contribution in [3.05, 3.63) is 0 Å². The van der Waals surface area contributed by atoms with Gasteiger partial charge in [-0.05, 0) is 114 Å². The normalized spacial score (nSPS) is 47.3. The number of esters is 3. The molecule has 71 heavy (non-hydrogen) atoms. The Kier molecular flexibility index (Phi) is 10.8. The summed E-state index contributed by atoms with van der Waals surface area (Å²) < 4.78 is 198. The molecule has 12 saturated carbocycles. The molecule has 3 aliphatic heterocycles. The van der Waals surface area contributed by atoms with E-state index in [-0.39, 0.29) is 94.5 Å². The minimum absolute atomic E-state index is 0.0598. The number of carbonyl (C=O) groups is 3. The average molecular weight is 1030 g/mol. The SMILES string of the molecule is CC(F)(F)COC(=O)C12CC3CC(C1)C1(OCC(COC(=O)C45CC6CC(C4)C4(OCC(F)(F)C(F)(F)CO4)C(C6)C5)(COC(=O)C45CC6CC(C4)C4(OCC(F)(F)C(F)(F)CO4)C(C6)C5)CO1)C(C3)C2. The molecule has 15 rings (SSSR count). The molecular formula is C49H60F10O12. The van der Waals surface area contributed by atoms with Crippen LogP contribution in [0.25, 0.3) is 0 Å². The summed E-state index contributed by atoms with van der Waals surface area (Å²) in [5, 5.41) is 0. The maximum absolute atomic E-state index is 14.6.